The fourth-order valence-electron chi connectivity index (χ4n) is 3.68. The van der Waals surface area contributed by atoms with E-state index in [-0.39, 0.29) is 5.41 Å². The largest absolute Gasteiger partial charge is 0.418 e. The second kappa shape index (κ2) is 8.49. The van der Waals surface area contributed by atoms with E-state index < -0.39 is 8.32 Å². The summed E-state index contributed by atoms with van der Waals surface area (Å²) < 4.78 is 6.11. The molecule has 0 spiro atoms. The normalized spacial score (nSPS) is 13.8. The molecule has 122 valence electrons. The lowest BCUT2D eigenvalue weighted by Crippen LogP contribution is -2.52. The highest BCUT2D eigenvalue weighted by Gasteiger charge is 2.39. The molecule has 0 amide bonds. The van der Waals surface area contributed by atoms with Crippen molar-refractivity contribution in [1.82, 2.24) is 14.7 Å². The summed E-state index contributed by atoms with van der Waals surface area (Å²) in [5.41, 5.74) is 0.265. The fraction of sp³-hybridized carbons (Fsp3) is 1.00. The zero-order valence-electron chi connectivity index (χ0n) is 15.3. The summed E-state index contributed by atoms with van der Waals surface area (Å²) in [7, 11) is 11.4. The molecule has 0 bridgehead atoms. The molecule has 0 aromatic rings. The topological polar surface area (TPSA) is 19.0 Å². The fourth-order valence-corrected chi connectivity index (χ4v) is 6.70. The smallest absolute Gasteiger partial charge is 0.187 e. The van der Waals surface area contributed by atoms with Crippen LogP contribution in [-0.2, 0) is 4.43 Å². The van der Waals surface area contributed by atoms with Crippen molar-refractivity contribution in [3.05, 3.63) is 0 Å². The number of nitrogens with zero attached hydrogens (tertiary/aromatic N) is 3. The van der Waals surface area contributed by atoms with Gasteiger partial charge in [0.05, 0.1) is 0 Å². The van der Waals surface area contributed by atoms with Crippen molar-refractivity contribution < 1.29 is 4.43 Å². The molecular weight excluding hydrogens is 266 g/mol. The van der Waals surface area contributed by atoms with Crippen molar-refractivity contribution in [3.8, 4) is 0 Å². The van der Waals surface area contributed by atoms with Crippen molar-refractivity contribution in [2.75, 3.05) is 68.5 Å². The maximum atomic E-state index is 6.11. The molecule has 0 aliphatic rings. The van der Waals surface area contributed by atoms with E-state index in [1.54, 1.807) is 0 Å². The molecule has 0 aliphatic carbocycles. The van der Waals surface area contributed by atoms with Crippen LogP contribution < -0.4 is 0 Å². The molecular formula is C15H37N3OSi. The maximum Gasteiger partial charge on any atom is 0.187 e. The first-order chi connectivity index (χ1) is 9.02. The number of hydrogen-bond donors (Lipinski definition) is 0. The molecule has 4 nitrogen and oxygen atoms in total. The van der Waals surface area contributed by atoms with Gasteiger partial charge in [0.1, 0.15) is 0 Å². The van der Waals surface area contributed by atoms with E-state index in [0.29, 0.717) is 0 Å². The van der Waals surface area contributed by atoms with E-state index in [2.05, 4.69) is 77.0 Å². The van der Waals surface area contributed by atoms with Gasteiger partial charge in [-0.2, -0.15) is 0 Å². The second-order valence-corrected chi connectivity index (χ2v) is 11.7. The minimum atomic E-state index is -1.62. The average Bonchev–Trinajstić information content (AvgIpc) is 2.10. The molecule has 0 radical (unpaired) electrons. The van der Waals surface area contributed by atoms with Crippen molar-refractivity contribution in [2.45, 2.75) is 26.1 Å². The molecule has 0 rings (SSSR count). The third-order valence-electron chi connectivity index (χ3n) is 3.29. The van der Waals surface area contributed by atoms with E-state index in [0.717, 1.165) is 26.2 Å². The van der Waals surface area contributed by atoms with Gasteiger partial charge < -0.3 is 19.1 Å². The van der Waals surface area contributed by atoms with Crippen molar-refractivity contribution in [2.24, 2.45) is 5.41 Å². The lowest BCUT2D eigenvalue weighted by molar-refractivity contribution is 0.116. The zero-order chi connectivity index (χ0) is 16.0. The van der Waals surface area contributed by atoms with Gasteiger partial charge in [-0.1, -0.05) is 0 Å². The summed E-state index contributed by atoms with van der Waals surface area (Å²) >= 11 is 0. The predicted molar refractivity (Wildman–Crippen MR) is 92.0 cm³/mol. The summed E-state index contributed by atoms with van der Waals surface area (Å²) in [5, 5.41) is 0. The average molecular weight is 304 g/mol. The molecule has 0 unspecified atom stereocenters. The van der Waals surface area contributed by atoms with Crippen LogP contribution in [0.15, 0.2) is 0 Å². The van der Waals surface area contributed by atoms with Gasteiger partial charge in [-0.25, -0.2) is 0 Å². The van der Waals surface area contributed by atoms with Gasteiger partial charge in [-0.15, -0.1) is 0 Å². The van der Waals surface area contributed by atoms with Gasteiger partial charge in [0.15, 0.2) is 8.32 Å². The van der Waals surface area contributed by atoms with Crippen molar-refractivity contribution in [3.63, 3.8) is 0 Å². The van der Waals surface area contributed by atoms with Crippen LogP contribution in [-0.4, -0.2) is 91.5 Å². The Labute approximate surface area is 128 Å². The standard InChI is InChI=1S/C15H37N3OSi/c1-10-19-20(8,9)14-15(11-16(2)3,12-17(4)5)13-18(6)7/h10-14H2,1-9H3. The van der Waals surface area contributed by atoms with Crippen LogP contribution in [0.1, 0.15) is 6.92 Å². The Morgan fingerprint density at radius 2 is 1.15 bits per heavy atom. The Balaban J connectivity index is 5.23. The molecule has 0 saturated carbocycles. The highest BCUT2D eigenvalue weighted by atomic mass is 28.4. The van der Waals surface area contributed by atoms with Gasteiger partial charge >= 0.3 is 0 Å². The van der Waals surface area contributed by atoms with Gasteiger partial charge in [-0.3, -0.25) is 0 Å². The minimum Gasteiger partial charge on any atom is -0.418 e. The molecule has 0 saturated heterocycles. The first-order valence-electron chi connectivity index (χ1n) is 7.60. The lowest BCUT2D eigenvalue weighted by atomic mass is 9.88. The van der Waals surface area contributed by atoms with Crippen LogP contribution in [0.5, 0.6) is 0 Å². The van der Waals surface area contributed by atoms with Crippen LogP contribution in [0.3, 0.4) is 0 Å². The lowest BCUT2D eigenvalue weighted by Gasteiger charge is -2.43. The summed E-state index contributed by atoms with van der Waals surface area (Å²) in [4.78, 5) is 6.97. The van der Waals surface area contributed by atoms with E-state index in [4.69, 9.17) is 4.43 Å². The highest BCUT2D eigenvalue weighted by Crippen LogP contribution is 2.32. The van der Waals surface area contributed by atoms with Crippen molar-refractivity contribution >= 4 is 8.32 Å². The molecule has 0 aliphatic heterocycles. The summed E-state index contributed by atoms with van der Waals surface area (Å²) in [6, 6.07) is 1.20. The molecule has 20 heavy (non-hydrogen) atoms. The number of hydrogen-bond acceptors (Lipinski definition) is 4. The molecule has 5 heteroatoms. The Morgan fingerprint density at radius 1 is 0.800 bits per heavy atom. The zero-order valence-corrected chi connectivity index (χ0v) is 16.3. The van der Waals surface area contributed by atoms with E-state index >= 15 is 0 Å². The van der Waals surface area contributed by atoms with E-state index in [1.807, 2.05) is 0 Å². The Kier molecular flexibility index (Phi) is 8.51. The monoisotopic (exact) mass is 303 g/mol. The van der Waals surface area contributed by atoms with Crippen LogP contribution in [0, 0.1) is 5.41 Å². The molecule has 0 heterocycles. The minimum absolute atomic E-state index is 0.265. The van der Waals surface area contributed by atoms with Gasteiger partial charge in [0.2, 0.25) is 0 Å². The maximum absolute atomic E-state index is 6.11. The molecule has 0 atom stereocenters. The molecule has 0 aromatic heterocycles. The van der Waals surface area contributed by atoms with Crippen molar-refractivity contribution in [1.29, 1.82) is 0 Å². The van der Waals surface area contributed by atoms with Crippen LogP contribution in [0.4, 0.5) is 0 Å². The third-order valence-corrected chi connectivity index (χ3v) is 5.96. The van der Waals surface area contributed by atoms with Crippen LogP contribution in [0.25, 0.3) is 0 Å². The summed E-state index contributed by atoms with van der Waals surface area (Å²) in [6.07, 6.45) is 0. The summed E-state index contributed by atoms with van der Waals surface area (Å²) in [5.74, 6) is 0. The van der Waals surface area contributed by atoms with E-state index in [1.165, 1.54) is 6.04 Å². The SMILES string of the molecule is CCO[Si](C)(C)CC(CN(C)C)(CN(C)C)CN(C)C. The quantitative estimate of drug-likeness (QED) is 0.574. The second-order valence-electron chi connectivity index (χ2n) is 7.58. The van der Waals surface area contributed by atoms with Gasteiger partial charge in [-0.05, 0) is 68.3 Å². The van der Waals surface area contributed by atoms with Gasteiger partial charge in [0, 0.05) is 31.7 Å². The Morgan fingerprint density at radius 3 is 1.40 bits per heavy atom. The van der Waals surface area contributed by atoms with Gasteiger partial charge in [0.25, 0.3) is 0 Å². The van der Waals surface area contributed by atoms with Crippen LogP contribution in [0.2, 0.25) is 19.1 Å². The molecule has 0 fully saturated rings. The summed E-state index contributed by atoms with van der Waals surface area (Å²) in [6.45, 7) is 11.0. The third kappa shape index (κ3) is 8.37. The van der Waals surface area contributed by atoms with Crippen LogP contribution >= 0.6 is 0 Å². The molecule has 0 N–H and O–H groups in total. The first kappa shape index (κ1) is 20.1. The van der Waals surface area contributed by atoms with E-state index in [9.17, 15) is 0 Å². The predicted octanol–water partition coefficient (Wildman–Crippen LogP) is 1.90. The first-order valence-corrected chi connectivity index (χ1v) is 10.7. The Hall–Kier alpha value is 0.0569. The highest BCUT2D eigenvalue weighted by molar-refractivity contribution is 6.71. The molecule has 0 aromatic carbocycles. The Bertz CT molecular complexity index is 241. The number of rotatable bonds is 10.